The summed E-state index contributed by atoms with van der Waals surface area (Å²) in [6, 6.07) is 10.4. The van der Waals surface area contributed by atoms with Gasteiger partial charge in [0.1, 0.15) is 17.3 Å². The fourth-order valence-electron chi connectivity index (χ4n) is 2.46. The summed E-state index contributed by atoms with van der Waals surface area (Å²) in [5.41, 5.74) is 2.41. The van der Waals surface area contributed by atoms with Gasteiger partial charge in [-0.3, -0.25) is 0 Å². The van der Waals surface area contributed by atoms with Gasteiger partial charge in [0.15, 0.2) is 0 Å². The molecule has 0 fully saturated rings. The zero-order valence-electron chi connectivity index (χ0n) is 11.5. The van der Waals surface area contributed by atoms with Gasteiger partial charge in [-0.05, 0) is 42.8 Å². The number of aromatic nitrogens is 2. The molecule has 0 unspecified atom stereocenters. The molecular formula is C16H15BrN2O2. The summed E-state index contributed by atoms with van der Waals surface area (Å²) in [6.07, 6.45) is 0.952. The predicted octanol–water partition coefficient (Wildman–Crippen LogP) is 4.29. The minimum absolute atomic E-state index is 0.110. The molecule has 0 aliphatic heterocycles. The van der Waals surface area contributed by atoms with Gasteiger partial charge in [0, 0.05) is 11.0 Å². The van der Waals surface area contributed by atoms with Crippen molar-refractivity contribution in [3.8, 4) is 22.9 Å². The van der Waals surface area contributed by atoms with Gasteiger partial charge in [0.2, 0.25) is 0 Å². The van der Waals surface area contributed by atoms with Crippen LogP contribution < -0.4 is 0 Å². The lowest BCUT2D eigenvalue weighted by molar-refractivity contribution is 0.461. The maximum absolute atomic E-state index is 10.1. The second kappa shape index (κ2) is 5.41. The van der Waals surface area contributed by atoms with Crippen molar-refractivity contribution in [2.45, 2.75) is 19.9 Å². The highest BCUT2D eigenvalue weighted by molar-refractivity contribution is 9.10. The Morgan fingerprint density at radius 3 is 2.71 bits per heavy atom. The quantitative estimate of drug-likeness (QED) is 0.695. The van der Waals surface area contributed by atoms with Crippen LogP contribution in [0.15, 0.2) is 40.9 Å². The molecule has 0 aliphatic rings. The van der Waals surface area contributed by atoms with Gasteiger partial charge in [-0.2, -0.15) is 0 Å². The van der Waals surface area contributed by atoms with E-state index in [0.29, 0.717) is 11.4 Å². The van der Waals surface area contributed by atoms with Crippen molar-refractivity contribution < 1.29 is 10.2 Å². The summed E-state index contributed by atoms with van der Waals surface area (Å²) in [5, 5.41) is 19.8. The summed E-state index contributed by atoms with van der Waals surface area (Å²) in [4.78, 5) is 4.63. The second-order valence-electron chi connectivity index (χ2n) is 4.92. The second-order valence-corrected chi connectivity index (χ2v) is 5.84. The number of hydrogen-bond donors (Lipinski definition) is 2. The van der Waals surface area contributed by atoms with E-state index in [-0.39, 0.29) is 11.5 Å². The lowest BCUT2D eigenvalue weighted by Gasteiger charge is -2.09. The molecule has 4 nitrogen and oxygen atoms in total. The largest absolute Gasteiger partial charge is 0.508 e. The fraction of sp³-hybridized carbons (Fsp3) is 0.188. The number of halogens is 1. The average Bonchev–Trinajstić information content (AvgIpc) is 2.80. The van der Waals surface area contributed by atoms with Gasteiger partial charge >= 0.3 is 0 Å². The zero-order chi connectivity index (χ0) is 15.0. The molecule has 1 heterocycles. The van der Waals surface area contributed by atoms with Crippen LogP contribution in [0.4, 0.5) is 0 Å². The lowest BCUT2D eigenvalue weighted by atomic mass is 10.1. The van der Waals surface area contributed by atoms with E-state index in [4.69, 9.17) is 0 Å². The molecular weight excluding hydrogens is 332 g/mol. The minimum atomic E-state index is 0.110. The Morgan fingerprint density at radius 1 is 1.14 bits per heavy atom. The normalized spacial score (nSPS) is 11.1. The molecule has 0 radical (unpaired) electrons. The Bertz CT molecular complexity index is 811. The van der Waals surface area contributed by atoms with Crippen LogP contribution in [-0.4, -0.2) is 19.8 Å². The van der Waals surface area contributed by atoms with Crippen LogP contribution in [0, 0.1) is 0 Å². The molecule has 0 bridgehead atoms. The molecule has 0 saturated carbocycles. The van der Waals surface area contributed by atoms with Crippen LogP contribution in [0.1, 0.15) is 13.3 Å². The number of hydrogen-bond acceptors (Lipinski definition) is 3. The molecule has 0 spiro atoms. The van der Waals surface area contributed by atoms with Crippen molar-refractivity contribution in [3.05, 3.63) is 40.9 Å². The van der Waals surface area contributed by atoms with Crippen LogP contribution in [0.5, 0.6) is 11.5 Å². The van der Waals surface area contributed by atoms with Crippen LogP contribution in [0.2, 0.25) is 0 Å². The maximum atomic E-state index is 10.1. The smallest absolute Gasteiger partial charge is 0.145 e. The number of phenolic OH excluding ortho intramolecular Hbond substituents is 2. The Kier molecular flexibility index (Phi) is 3.59. The van der Waals surface area contributed by atoms with Crippen molar-refractivity contribution in [3.63, 3.8) is 0 Å². The summed E-state index contributed by atoms with van der Waals surface area (Å²) in [5.74, 6) is 0.886. The van der Waals surface area contributed by atoms with Crippen molar-refractivity contribution >= 4 is 27.0 Å². The molecule has 0 aliphatic carbocycles. The van der Waals surface area contributed by atoms with E-state index in [1.165, 1.54) is 18.2 Å². The number of aromatic hydroxyl groups is 2. The van der Waals surface area contributed by atoms with E-state index in [1.807, 2.05) is 18.2 Å². The Hall–Kier alpha value is -2.01. The van der Waals surface area contributed by atoms with Gasteiger partial charge in [-0.25, -0.2) is 4.98 Å². The molecule has 3 rings (SSSR count). The Labute approximate surface area is 130 Å². The molecule has 1 aromatic heterocycles. The molecule has 5 heteroatoms. The number of rotatable bonds is 3. The van der Waals surface area contributed by atoms with Gasteiger partial charge in [-0.15, -0.1) is 0 Å². The highest BCUT2D eigenvalue weighted by Crippen LogP contribution is 2.34. The first-order valence-corrected chi connectivity index (χ1v) is 7.57. The van der Waals surface area contributed by atoms with E-state index in [9.17, 15) is 10.2 Å². The minimum Gasteiger partial charge on any atom is -0.508 e. The lowest BCUT2D eigenvalue weighted by Crippen LogP contribution is -1.99. The van der Waals surface area contributed by atoms with Crippen LogP contribution in [0.3, 0.4) is 0 Å². The van der Waals surface area contributed by atoms with Gasteiger partial charge in [-0.1, -0.05) is 22.9 Å². The van der Waals surface area contributed by atoms with Gasteiger partial charge in [0.05, 0.1) is 16.6 Å². The SMILES string of the molecule is CCCn1c(-c2cc(O)ccc2O)nc2cc(Br)ccc21. The number of fused-ring (bicyclic) bond motifs is 1. The molecule has 2 N–H and O–H groups in total. The van der Waals surface area contributed by atoms with Gasteiger partial charge < -0.3 is 14.8 Å². The molecule has 21 heavy (non-hydrogen) atoms. The topological polar surface area (TPSA) is 58.3 Å². The number of nitrogens with zero attached hydrogens (tertiary/aromatic N) is 2. The standard InChI is InChI=1S/C16H15BrN2O2/c1-2-7-19-14-5-3-10(17)8-13(14)18-16(19)12-9-11(20)4-6-15(12)21/h3-6,8-9,20-21H,2,7H2,1H3. The van der Waals surface area contributed by atoms with E-state index < -0.39 is 0 Å². The predicted molar refractivity (Wildman–Crippen MR) is 86.5 cm³/mol. The van der Waals surface area contributed by atoms with E-state index >= 15 is 0 Å². The summed E-state index contributed by atoms with van der Waals surface area (Å²) in [6.45, 7) is 2.89. The summed E-state index contributed by atoms with van der Waals surface area (Å²) >= 11 is 3.45. The Balaban J connectivity index is 2.30. The van der Waals surface area contributed by atoms with E-state index in [0.717, 1.165) is 28.5 Å². The van der Waals surface area contributed by atoms with Crippen molar-refractivity contribution in [1.82, 2.24) is 9.55 Å². The van der Waals surface area contributed by atoms with Crippen LogP contribution in [-0.2, 0) is 6.54 Å². The number of phenols is 2. The molecule has 0 atom stereocenters. The molecule has 3 aromatic rings. The first-order chi connectivity index (χ1) is 10.1. The third-order valence-electron chi connectivity index (χ3n) is 3.38. The van der Waals surface area contributed by atoms with Gasteiger partial charge in [0.25, 0.3) is 0 Å². The number of aryl methyl sites for hydroxylation is 1. The maximum Gasteiger partial charge on any atom is 0.145 e. The van der Waals surface area contributed by atoms with Crippen molar-refractivity contribution in [2.75, 3.05) is 0 Å². The first-order valence-electron chi connectivity index (χ1n) is 6.78. The molecule has 0 saturated heterocycles. The third-order valence-corrected chi connectivity index (χ3v) is 3.87. The van der Waals surface area contributed by atoms with Crippen molar-refractivity contribution in [2.24, 2.45) is 0 Å². The zero-order valence-corrected chi connectivity index (χ0v) is 13.1. The number of benzene rings is 2. The Morgan fingerprint density at radius 2 is 1.95 bits per heavy atom. The third kappa shape index (κ3) is 2.49. The average molecular weight is 347 g/mol. The first kappa shape index (κ1) is 13.9. The highest BCUT2D eigenvalue weighted by Gasteiger charge is 2.16. The summed E-state index contributed by atoms with van der Waals surface area (Å²) in [7, 11) is 0. The summed E-state index contributed by atoms with van der Waals surface area (Å²) < 4.78 is 3.03. The van der Waals surface area contributed by atoms with Crippen LogP contribution >= 0.6 is 15.9 Å². The fourth-order valence-corrected chi connectivity index (χ4v) is 2.81. The van der Waals surface area contributed by atoms with E-state index in [1.54, 1.807) is 0 Å². The van der Waals surface area contributed by atoms with E-state index in [2.05, 4.69) is 32.4 Å². The molecule has 108 valence electrons. The van der Waals surface area contributed by atoms with Crippen molar-refractivity contribution in [1.29, 1.82) is 0 Å². The molecule has 0 amide bonds. The van der Waals surface area contributed by atoms with Crippen LogP contribution in [0.25, 0.3) is 22.4 Å². The highest BCUT2D eigenvalue weighted by atomic mass is 79.9. The number of imidazole rings is 1. The molecule has 2 aromatic carbocycles. The monoisotopic (exact) mass is 346 g/mol.